The summed E-state index contributed by atoms with van der Waals surface area (Å²) in [5.74, 6) is -4.21. The molecule has 11 heteroatoms. The van der Waals surface area contributed by atoms with Crippen molar-refractivity contribution in [2.45, 2.75) is 12.7 Å². The lowest BCUT2D eigenvalue weighted by Gasteiger charge is -2.06. The molecule has 0 unspecified atom stereocenters. The van der Waals surface area contributed by atoms with E-state index in [1.165, 1.54) is 0 Å². The maximum atomic E-state index is 13.4. The Labute approximate surface area is 131 Å². The molecule has 0 spiro atoms. The highest BCUT2D eigenvalue weighted by molar-refractivity contribution is 5.94. The van der Waals surface area contributed by atoms with Crippen LogP contribution in [-0.2, 0) is 19.8 Å². The maximum Gasteiger partial charge on any atom is 0.451 e. The third kappa shape index (κ3) is 3.60. The Morgan fingerprint density at radius 1 is 1.29 bits per heavy atom. The summed E-state index contributed by atoms with van der Waals surface area (Å²) in [6.45, 7) is -0.624. The van der Waals surface area contributed by atoms with Crippen molar-refractivity contribution in [3.05, 3.63) is 51.7 Å². The van der Waals surface area contributed by atoms with Gasteiger partial charge in [-0.1, -0.05) is 0 Å². The predicted molar refractivity (Wildman–Crippen MR) is 71.2 cm³/mol. The Bertz CT molecular complexity index is 825. The molecule has 1 amide bonds. The fourth-order valence-electron chi connectivity index (χ4n) is 1.92. The number of halogens is 5. The normalized spacial score (nSPS) is 11.6. The van der Waals surface area contributed by atoms with Crippen LogP contribution in [0.5, 0.6) is 0 Å². The fraction of sp³-hybridized carbons (Fsp3) is 0.308. The highest BCUT2D eigenvalue weighted by Gasteiger charge is 2.37. The highest BCUT2D eigenvalue weighted by Crippen LogP contribution is 2.25. The molecule has 2 rings (SSSR count). The Morgan fingerprint density at radius 3 is 2.50 bits per heavy atom. The van der Waals surface area contributed by atoms with Crippen molar-refractivity contribution in [3.63, 3.8) is 0 Å². The fourth-order valence-corrected chi connectivity index (χ4v) is 1.92. The molecule has 0 radical (unpaired) electrons. The van der Waals surface area contributed by atoms with Crippen LogP contribution in [0.25, 0.3) is 0 Å². The SMILES string of the molecule is Cn1c(C(F)(F)F)nn(CCNC(=O)c2ccc(F)cc2F)c1=O. The summed E-state index contributed by atoms with van der Waals surface area (Å²) in [6.07, 6.45) is -4.79. The van der Waals surface area contributed by atoms with Gasteiger partial charge in [0.15, 0.2) is 0 Å². The number of benzene rings is 1. The molecule has 1 aromatic heterocycles. The maximum absolute atomic E-state index is 13.4. The first-order chi connectivity index (χ1) is 11.1. The van der Waals surface area contributed by atoms with Crippen LogP contribution in [0.4, 0.5) is 22.0 Å². The third-order valence-electron chi connectivity index (χ3n) is 3.08. The average Bonchev–Trinajstić information content (AvgIpc) is 2.75. The largest absolute Gasteiger partial charge is 0.451 e. The molecule has 0 bridgehead atoms. The molecule has 2 aromatic rings. The average molecular weight is 350 g/mol. The van der Waals surface area contributed by atoms with Crippen molar-refractivity contribution < 1.29 is 26.7 Å². The first-order valence-corrected chi connectivity index (χ1v) is 6.55. The van der Waals surface area contributed by atoms with E-state index in [2.05, 4.69) is 10.4 Å². The van der Waals surface area contributed by atoms with Crippen molar-refractivity contribution >= 4 is 5.91 Å². The molecule has 24 heavy (non-hydrogen) atoms. The van der Waals surface area contributed by atoms with Crippen molar-refractivity contribution in [2.75, 3.05) is 6.54 Å². The van der Waals surface area contributed by atoms with Crippen LogP contribution < -0.4 is 11.0 Å². The molecule has 130 valence electrons. The number of aromatic nitrogens is 3. The Morgan fingerprint density at radius 2 is 1.96 bits per heavy atom. The third-order valence-corrected chi connectivity index (χ3v) is 3.08. The monoisotopic (exact) mass is 350 g/mol. The van der Waals surface area contributed by atoms with E-state index < -0.39 is 40.8 Å². The summed E-state index contributed by atoms with van der Waals surface area (Å²) in [4.78, 5) is 23.3. The zero-order valence-corrected chi connectivity index (χ0v) is 12.2. The van der Waals surface area contributed by atoms with Gasteiger partial charge in [-0.25, -0.2) is 18.3 Å². The van der Waals surface area contributed by atoms with Crippen molar-refractivity contribution in [1.82, 2.24) is 19.7 Å². The summed E-state index contributed by atoms with van der Waals surface area (Å²) in [7, 11) is 0.918. The Hall–Kier alpha value is -2.72. The van der Waals surface area contributed by atoms with Gasteiger partial charge in [0.2, 0.25) is 5.82 Å². The molecule has 0 saturated heterocycles. The number of nitrogens with zero attached hydrogens (tertiary/aromatic N) is 3. The van der Waals surface area contributed by atoms with Crippen molar-refractivity contribution in [1.29, 1.82) is 0 Å². The van der Waals surface area contributed by atoms with Gasteiger partial charge in [-0.2, -0.15) is 13.2 Å². The number of rotatable bonds is 4. The molecule has 0 atom stereocenters. The van der Waals surface area contributed by atoms with E-state index in [4.69, 9.17) is 0 Å². The van der Waals surface area contributed by atoms with E-state index in [0.717, 1.165) is 19.2 Å². The van der Waals surface area contributed by atoms with Gasteiger partial charge < -0.3 is 5.32 Å². The molecule has 0 aliphatic rings. The second-order valence-electron chi connectivity index (χ2n) is 4.77. The number of hydrogen-bond donors (Lipinski definition) is 1. The summed E-state index contributed by atoms with van der Waals surface area (Å²) in [6, 6.07) is 2.33. The minimum Gasteiger partial charge on any atom is -0.350 e. The van der Waals surface area contributed by atoms with Crippen LogP contribution >= 0.6 is 0 Å². The van der Waals surface area contributed by atoms with E-state index >= 15 is 0 Å². The lowest BCUT2D eigenvalue weighted by Crippen LogP contribution is -2.32. The number of nitrogens with one attached hydrogen (secondary N) is 1. The Kier molecular flexibility index (Phi) is 4.71. The molecular formula is C13H11F5N4O2. The number of carbonyl (C=O) groups is 1. The van der Waals surface area contributed by atoms with Crippen LogP contribution in [0.15, 0.2) is 23.0 Å². The van der Waals surface area contributed by atoms with Gasteiger partial charge in [-0.15, -0.1) is 5.10 Å². The van der Waals surface area contributed by atoms with Gasteiger partial charge in [0, 0.05) is 19.7 Å². The molecule has 0 fully saturated rings. The number of amides is 1. The first-order valence-electron chi connectivity index (χ1n) is 6.55. The quantitative estimate of drug-likeness (QED) is 0.846. The van der Waals surface area contributed by atoms with Crippen molar-refractivity contribution in [2.24, 2.45) is 7.05 Å². The van der Waals surface area contributed by atoms with Crippen LogP contribution in [-0.4, -0.2) is 26.8 Å². The van der Waals surface area contributed by atoms with Crippen LogP contribution in [0.3, 0.4) is 0 Å². The van der Waals surface area contributed by atoms with E-state index in [9.17, 15) is 31.5 Å². The van der Waals surface area contributed by atoms with Crippen molar-refractivity contribution in [3.8, 4) is 0 Å². The summed E-state index contributed by atoms with van der Waals surface area (Å²) in [5.41, 5.74) is -1.44. The van der Waals surface area contributed by atoms with Gasteiger partial charge in [-0.05, 0) is 12.1 Å². The van der Waals surface area contributed by atoms with Crippen LogP contribution in [0, 0.1) is 11.6 Å². The molecule has 0 aliphatic carbocycles. The molecular weight excluding hydrogens is 339 g/mol. The number of alkyl halides is 3. The zero-order valence-electron chi connectivity index (χ0n) is 12.2. The highest BCUT2D eigenvalue weighted by atomic mass is 19.4. The molecule has 0 aliphatic heterocycles. The smallest absolute Gasteiger partial charge is 0.350 e. The van der Waals surface area contributed by atoms with E-state index in [-0.39, 0.29) is 13.1 Å². The van der Waals surface area contributed by atoms with Crippen LogP contribution in [0.1, 0.15) is 16.2 Å². The summed E-state index contributed by atoms with van der Waals surface area (Å²) < 4.78 is 64.9. The van der Waals surface area contributed by atoms with E-state index in [0.29, 0.717) is 15.3 Å². The number of carbonyl (C=O) groups excluding carboxylic acids is 1. The van der Waals surface area contributed by atoms with E-state index in [1.54, 1.807) is 0 Å². The zero-order chi connectivity index (χ0) is 18.1. The predicted octanol–water partition coefficient (Wildman–Crippen LogP) is 1.31. The topological polar surface area (TPSA) is 68.9 Å². The first kappa shape index (κ1) is 17.6. The standard InChI is InChI=1S/C13H11F5N4O2/c1-21-11(13(16,17)18)20-22(12(21)24)5-4-19-10(23)8-3-2-7(14)6-9(8)15/h2-3,6H,4-5H2,1H3,(H,19,23). The minimum atomic E-state index is -4.79. The lowest BCUT2D eigenvalue weighted by atomic mass is 10.2. The molecule has 0 saturated carbocycles. The van der Waals surface area contributed by atoms with Gasteiger partial charge in [0.05, 0.1) is 12.1 Å². The van der Waals surface area contributed by atoms with Gasteiger partial charge in [0.1, 0.15) is 11.6 Å². The minimum absolute atomic E-state index is 0.274. The van der Waals surface area contributed by atoms with E-state index in [1.807, 2.05) is 0 Å². The molecule has 1 aromatic carbocycles. The second kappa shape index (κ2) is 6.42. The molecule has 1 N–H and O–H groups in total. The Balaban J connectivity index is 2.05. The molecule has 1 heterocycles. The summed E-state index contributed by atoms with van der Waals surface area (Å²) >= 11 is 0. The molecule has 6 nitrogen and oxygen atoms in total. The second-order valence-corrected chi connectivity index (χ2v) is 4.77. The summed E-state index contributed by atoms with van der Waals surface area (Å²) in [5, 5.41) is 5.36. The van der Waals surface area contributed by atoms with Gasteiger partial charge in [-0.3, -0.25) is 9.36 Å². The lowest BCUT2D eigenvalue weighted by molar-refractivity contribution is -0.147. The van der Waals surface area contributed by atoms with Gasteiger partial charge in [0.25, 0.3) is 5.91 Å². The van der Waals surface area contributed by atoms with Crippen LogP contribution in [0.2, 0.25) is 0 Å². The van der Waals surface area contributed by atoms with Gasteiger partial charge >= 0.3 is 11.9 Å². The number of hydrogen-bond acceptors (Lipinski definition) is 3.